The van der Waals surface area contributed by atoms with Crippen LogP contribution in [-0.2, 0) is 6.18 Å². The fourth-order valence-corrected chi connectivity index (χ4v) is 1.96. The Labute approximate surface area is 133 Å². The summed E-state index contributed by atoms with van der Waals surface area (Å²) in [4.78, 5) is 0. The van der Waals surface area contributed by atoms with E-state index in [-0.39, 0.29) is 17.1 Å². The van der Waals surface area contributed by atoms with Crippen molar-refractivity contribution >= 4 is 0 Å². The lowest BCUT2D eigenvalue weighted by molar-refractivity contribution is -0.137. The van der Waals surface area contributed by atoms with Crippen LogP contribution in [0.3, 0.4) is 0 Å². The van der Waals surface area contributed by atoms with Crippen molar-refractivity contribution < 1.29 is 31.4 Å². The molecule has 0 saturated heterocycles. The van der Waals surface area contributed by atoms with E-state index < -0.39 is 29.5 Å². The second-order valence-electron chi connectivity index (χ2n) is 4.64. The highest BCUT2D eigenvalue weighted by molar-refractivity contribution is 5.54. The minimum atomic E-state index is -4.82. The number of alkyl halides is 5. The van der Waals surface area contributed by atoms with Crippen LogP contribution in [0.25, 0.3) is 0 Å². The Morgan fingerprint density at radius 2 is 1.83 bits per heavy atom. The molecule has 0 fully saturated rings. The Bertz CT molecular complexity index is 781. The molecule has 8 heteroatoms. The first-order valence-corrected chi connectivity index (χ1v) is 6.51. The van der Waals surface area contributed by atoms with Crippen molar-refractivity contribution in [3.8, 4) is 23.3 Å². The normalized spacial score (nSPS) is 11.2. The molecule has 2 aromatic carbocycles. The van der Waals surface area contributed by atoms with Crippen LogP contribution in [0.4, 0.5) is 22.0 Å². The quantitative estimate of drug-likeness (QED) is 0.706. The number of nitrogens with zero attached hydrogens (tertiary/aromatic N) is 1. The summed E-state index contributed by atoms with van der Waals surface area (Å²) in [5, 5.41) is 9.06. The summed E-state index contributed by atoms with van der Waals surface area (Å²) in [6.07, 6.45) is -7.93. The van der Waals surface area contributed by atoms with Crippen LogP contribution in [0.1, 0.15) is 23.1 Å². The van der Waals surface area contributed by atoms with E-state index in [0.717, 1.165) is 6.07 Å². The lowest BCUT2D eigenvalue weighted by atomic mass is 10.1. The van der Waals surface area contributed by atoms with E-state index in [0.29, 0.717) is 12.1 Å². The van der Waals surface area contributed by atoms with Crippen LogP contribution >= 0.6 is 0 Å². The minimum Gasteiger partial charge on any atom is -0.493 e. The van der Waals surface area contributed by atoms with Gasteiger partial charge in [-0.25, -0.2) is 8.78 Å². The summed E-state index contributed by atoms with van der Waals surface area (Å²) in [6, 6.07) is 7.79. The number of benzene rings is 2. The van der Waals surface area contributed by atoms with Gasteiger partial charge in [0, 0.05) is 5.56 Å². The Balaban J connectivity index is 2.55. The van der Waals surface area contributed by atoms with Crippen LogP contribution in [0.2, 0.25) is 0 Å². The van der Waals surface area contributed by atoms with Gasteiger partial charge in [0.05, 0.1) is 18.2 Å². The number of nitriles is 1. The van der Waals surface area contributed by atoms with E-state index in [1.165, 1.54) is 25.3 Å². The molecule has 0 heterocycles. The van der Waals surface area contributed by atoms with E-state index >= 15 is 0 Å². The van der Waals surface area contributed by atoms with Crippen LogP contribution < -0.4 is 9.47 Å². The lowest BCUT2D eigenvalue weighted by Gasteiger charge is -2.15. The summed E-state index contributed by atoms with van der Waals surface area (Å²) < 4.78 is 74.5. The highest BCUT2D eigenvalue weighted by Gasteiger charge is 2.32. The average Bonchev–Trinajstić information content (AvgIpc) is 2.53. The molecule has 0 aliphatic heterocycles. The van der Waals surface area contributed by atoms with Crippen LogP contribution in [0.15, 0.2) is 36.4 Å². The maximum absolute atomic E-state index is 12.9. The van der Waals surface area contributed by atoms with Crippen LogP contribution in [-0.4, -0.2) is 7.11 Å². The third kappa shape index (κ3) is 3.74. The molecule has 0 aliphatic carbocycles. The molecule has 0 aromatic heterocycles. The van der Waals surface area contributed by atoms with Gasteiger partial charge in [0.2, 0.25) is 0 Å². The summed E-state index contributed by atoms with van der Waals surface area (Å²) in [7, 11) is 1.28. The zero-order valence-corrected chi connectivity index (χ0v) is 12.2. The Kier molecular flexibility index (Phi) is 4.93. The molecule has 24 heavy (non-hydrogen) atoms. The second-order valence-corrected chi connectivity index (χ2v) is 4.64. The minimum absolute atomic E-state index is 0.00893. The third-order valence-electron chi connectivity index (χ3n) is 3.05. The topological polar surface area (TPSA) is 42.2 Å². The number of methoxy groups -OCH3 is 1. The first-order valence-electron chi connectivity index (χ1n) is 6.51. The van der Waals surface area contributed by atoms with Crippen molar-refractivity contribution in [2.45, 2.75) is 12.6 Å². The number of para-hydroxylation sites is 1. The van der Waals surface area contributed by atoms with E-state index in [2.05, 4.69) is 0 Å². The van der Waals surface area contributed by atoms with Gasteiger partial charge in [-0.05, 0) is 30.3 Å². The first-order chi connectivity index (χ1) is 11.3. The molecular weight excluding hydrogens is 333 g/mol. The summed E-state index contributed by atoms with van der Waals surface area (Å²) in [5.41, 5.74) is -2.12. The Hall–Kier alpha value is -2.82. The molecule has 0 saturated carbocycles. The second kappa shape index (κ2) is 6.74. The van der Waals surface area contributed by atoms with Crippen LogP contribution in [0, 0.1) is 11.3 Å². The highest BCUT2D eigenvalue weighted by atomic mass is 19.4. The van der Waals surface area contributed by atoms with E-state index in [9.17, 15) is 22.0 Å². The maximum Gasteiger partial charge on any atom is 0.416 e. The SMILES string of the molecule is COc1cccc(C#N)c1Oc1cc(C(F)F)cc(C(F)(F)F)c1. The van der Waals surface area contributed by atoms with Crippen molar-refractivity contribution in [3.63, 3.8) is 0 Å². The molecule has 0 amide bonds. The van der Waals surface area contributed by atoms with Crippen molar-refractivity contribution in [1.82, 2.24) is 0 Å². The molecule has 2 rings (SSSR count). The number of hydrogen-bond acceptors (Lipinski definition) is 3. The molecule has 0 spiro atoms. The molecule has 0 atom stereocenters. The standard InChI is InChI=1S/C16H10F5NO2/c1-23-13-4-2-3-9(8-22)14(13)24-12-6-10(15(17)18)5-11(7-12)16(19,20)21/h2-7,15H,1H3. The monoisotopic (exact) mass is 343 g/mol. The average molecular weight is 343 g/mol. The zero-order valence-electron chi connectivity index (χ0n) is 12.2. The first kappa shape index (κ1) is 17.5. The van der Waals surface area contributed by atoms with Gasteiger partial charge in [0.1, 0.15) is 11.8 Å². The summed E-state index contributed by atoms with van der Waals surface area (Å²) in [5.74, 6) is -0.534. The van der Waals surface area contributed by atoms with Gasteiger partial charge < -0.3 is 9.47 Å². The van der Waals surface area contributed by atoms with Gasteiger partial charge >= 0.3 is 6.18 Å². The van der Waals surface area contributed by atoms with Gasteiger partial charge in [0.15, 0.2) is 11.5 Å². The third-order valence-corrected chi connectivity index (χ3v) is 3.05. The Morgan fingerprint density at radius 1 is 1.12 bits per heavy atom. The predicted octanol–water partition coefficient (Wildman–Crippen LogP) is 5.32. The Morgan fingerprint density at radius 3 is 2.38 bits per heavy atom. The fourth-order valence-electron chi connectivity index (χ4n) is 1.96. The number of ether oxygens (including phenoxy) is 2. The van der Waals surface area contributed by atoms with Crippen molar-refractivity contribution in [2.24, 2.45) is 0 Å². The highest BCUT2D eigenvalue weighted by Crippen LogP contribution is 2.39. The molecule has 0 aliphatic rings. The van der Waals surface area contributed by atoms with E-state index in [1.807, 2.05) is 0 Å². The van der Waals surface area contributed by atoms with Gasteiger partial charge in [0.25, 0.3) is 6.43 Å². The fraction of sp³-hybridized carbons (Fsp3) is 0.188. The smallest absolute Gasteiger partial charge is 0.416 e. The zero-order chi connectivity index (χ0) is 17.9. The maximum atomic E-state index is 12.9. The predicted molar refractivity (Wildman–Crippen MR) is 74.2 cm³/mol. The molecule has 0 unspecified atom stereocenters. The van der Waals surface area contributed by atoms with Gasteiger partial charge in [-0.1, -0.05) is 6.07 Å². The molecule has 126 valence electrons. The van der Waals surface area contributed by atoms with Crippen molar-refractivity contribution in [3.05, 3.63) is 53.1 Å². The largest absolute Gasteiger partial charge is 0.493 e. The lowest BCUT2D eigenvalue weighted by Crippen LogP contribution is -2.06. The molecule has 0 N–H and O–H groups in total. The van der Waals surface area contributed by atoms with E-state index in [1.54, 1.807) is 6.07 Å². The molecule has 2 aromatic rings. The van der Waals surface area contributed by atoms with Crippen molar-refractivity contribution in [1.29, 1.82) is 5.26 Å². The van der Waals surface area contributed by atoms with Crippen molar-refractivity contribution in [2.75, 3.05) is 7.11 Å². The van der Waals surface area contributed by atoms with Gasteiger partial charge in [-0.2, -0.15) is 18.4 Å². The van der Waals surface area contributed by atoms with Gasteiger partial charge in [-0.3, -0.25) is 0 Å². The molecule has 0 bridgehead atoms. The summed E-state index contributed by atoms with van der Waals surface area (Å²) >= 11 is 0. The van der Waals surface area contributed by atoms with Crippen LogP contribution in [0.5, 0.6) is 17.2 Å². The number of rotatable bonds is 4. The molecule has 3 nitrogen and oxygen atoms in total. The molecular formula is C16H10F5NO2. The summed E-state index contributed by atoms with van der Waals surface area (Å²) in [6.45, 7) is 0. The van der Waals surface area contributed by atoms with E-state index in [4.69, 9.17) is 14.7 Å². The number of hydrogen-bond donors (Lipinski definition) is 0. The molecule has 0 radical (unpaired) electrons. The number of halogens is 5. The van der Waals surface area contributed by atoms with Gasteiger partial charge in [-0.15, -0.1) is 0 Å².